The largest absolute Gasteiger partial charge is 0.465 e. The minimum Gasteiger partial charge on any atom is -0.465 e. The molecule has 8 nitrogen and oxygen atoms in total. The maximum absolute atomic E-state index is 13.6. The maximum atomic E-state index is 13.6. The third kappa shape index (κ3) is 7.54. The number of benzene rings is 1. The summed E-state index contributed by atoms with van der Waals surface area (Å²) in [6, 6.07) is 9.01. The summed E-state index contributed by atoms with van der Waals surface area (Å²) in [6.45, 7) is 25.3. The van der Waals surface area contributed by atoms with Gasteiger partial charge in [-0.3, -0.25) is 4.79 Å². The zero-order chi connectivity index (χ0) is 43.6. The van der Waals surface area contributed by atoms with Crippen molar-refractivity contribution in [2.45, 2.75) is 131 Å². The maximum Gasteiger partial charge on any atom is 0.338 e. The van der Waals surface area contributed by atoms with Gasteiger partial charge >= 0.3 is 11.9 Å². The van der Waals surface area contributed by atoms with Crippen molar-refractivity contribution in [1.29, 1.82) is 0 Å². The molecule has 336 valence electrons. The summed E-state index contributed by atoms with van der Waals surface area (Å²) < 4.78 is 35.7. The SMILES string of the molecule is C=C(C)[C@@H]1CC[C@]2(NCCN3CCS(=O)(=O)CC3)CC[C@]3(C)[C@H](CCC4[C@@]5(C)CC=C(C6=CC[C@@](COC(=O)c7ccccc7)(C(=O)OCC)CC6)C(C)(C)C5CC[C@]43C)C12. The summed E-state index contributed by atoms with van der Waals surface area (Å²) in [5, 5.41) is 4.23. The molecule has 0 radical (unpaired) electrons. The highest BCUT2D eigenvalue weighted by atomic mass is 32.2. The van der Waals surface area contributed by atoms with Crippen LogP contribution in [0.25, 0.3) is 0 Å². The van der Waals surface area contributed by atoms with Gasteiger partial charge in [-0.1, -0.05) is 77.1 Å². The van der Waals surface area contributed by atoms with E-state index >= 15 is 0 Å². The van der Waals surface area contributed by atoms with Crippen LogP contribution < -0.4 is 5.32 Å². The molecule has 1 aromatic rings. The van der Waals surface area contributed by atoms with Crippen LogP contribution in [0.1, 0.15) is 136 Å². The van der Waals surface area contributed by atoms with E-state index in [1.165, 1.54) is 68.1 Å². The lowest BCUT2D eigenvalue weighted by Crippen LogP contribution is -2.68. The van der Waals surface area contributed by atoms with Gasteiger partial charge in [-0.05, 0) is 165 Å². The summed E-state index contributed by atoms with van der Waals surface area (Å²) >= 11 is 0. The predicted octanol–water partition coefficient (Wildman–Crippen LogP) is 9.77. The van der Waals surface area contributed by atoms with E-state index in [9.17, 15) is 18.0 Å². The second kappa shape index (κ2) is 16.4. The predicted molar refractivity (Wildman–Crippen MR) is 244 cm³/mol. The lowest BCUT2D eigenvalue weighted by Gasteiger charge is -2.72. The van der Waals surface area contributed by atoms with E-state index in [0.29, 0.717) is 67.7 Å². The molecular formula is C52H76N2O6S. The van der Waals surface area contributed by atoms with Crippen molar-refractivity contribution < 1.29 is 27.5 Å². The van der Waals surface area contributed by atoms with Crippen molar-refractivity contribution in [2.75, 3.05) is 50.9 Å². The quantitative estimate of drug-likeness (QED) is 0.174. The van der Waals surface area contributed by atoms with E-state index in [1.807, 2.05) is 25.1 Å². The first-order chi connectivity index (χ1) is 28.8. The van der Waals surface area contributed by atoms with Crippen molar-refractivity contribution >= 4 is 21.8 Å². The van der Waals surface area contributed by atoms with Crippen molar-refractivity contribution in [3.8, 4) is 0 Å². The molecule has 1 N–H and O–H groups in total. The fraction of sp³-hybridized carbons (Fsp3) is 0.731. The summed E-state index contributed by atoms with van der Waals surface area (Å²) in [5.41, 5.74) is 4.60. The van der Waals surface area contributed by atoms with Gasteiger partial charge in [0.25, 0.3) is 0 Å². The van der Waals surface area contributed by atoms with Crippen LogP contribution in [-0.4, -0.2) is 81.7 Å². The molecule has 0 aromatic heterocycles. The minimum absolute atomic E-state index is 0.0116. The average molecular weight is 857 g/mol. The highest BCUT2D eigenvalue weighted by molar-refractivity contribution is 7.91. The van der Waals surface area contributed by atoms with Crippen LogP contribution in [-0.2, 0) is 24.1 Å². The molecular weight excluding hydrogens is 781 g/mol. The molecule has 7 aliphatic rings. The smallest absolute Gasteiger partial charge is 0.338 e. The Hall–Kier alpha value is -2.75. The zero-order valence-electron chi connectivity index (χ0n) is 38.6. The van der Waals surface area contributed by atoms with Crippen LogP contribution in [0.3, 0.4) is 0 Å². The van der Waals surface area contributed by atoms with Gasteiger partial charge in [0.2, 0.25) is 0 Å². The highest BCUT2D eigenvalue weighted by Crippen LogP contribution is 2.76. The summed E-state index contributed by atoms with van der Waals surface area (Å²) in [7, 11) is -2.88. The van der Waals surface area contributed by atoms with E-state index in [-0.39, 0.29) is 51.3 Å². The summed E-state index contributed by atoms with van der Waals surface area (Å²) in [6.07, 6.45) is 17.8. The summed E-state index contributed by atoms with van der Waals surface area (Å²) in [4.78, 5) is 28.9. The molecule has 8 rings (SSSR count). The van der Waals surface area contributed by atoms with Gasteiger partial charge in [-0.15, -0.1) is 0 Å². The van der Waals surface area contributed by atoms with Gasteiger partial charge < -0.3 is 19.7 Å². The molecule has 0 bridgehead atoms. The van der Waals surface area contributed by atoms with Crippen LogP contribution in [0.15, 0.2) is 65.8 Å². The highest BCUT2D eigenvalue weighted by Gasteiger charge is 2.70. The minimum atomic E-state index is -2.88. The second-order valence-corrected chi connectivity index (χ2v) is 24.5. The van der Waals surface area contributed by atoms with Crippen LogP contribution >= 0.6 is 0 Å². The third-order valence-electron chi connectivity index (χ3n) is 19.1. The second-order valence-electron chi connectivity index (χ2n) is 22.2. The number of sulfone groups is 1. The van der Waals surface area contributed by atoms with Crippen molar-refractivity contribution in [3.05, 3.63) is 71.3 Å². The molecule has 1 saturated heterocycles. The Balaban J connectivity index is 1.01. The molecule has 0 spiro atoms. The van der Waals surface area contributed by atoms with Crippen LogP contribution in [0, 0.1) is 56.7 Å². The Kier molecular flexibility index (Phi) is 12.0. The van der Waals surface area contributed by atoms with Gasteiger partial charge in [0.05, 0.1) is 23.7 Å². The molecule has 5 fully saturated rings. The molecule has 0 amide bonds. The van der Waals surface area contributed by atoms with E-state index in [4.69, 9.17) is 9.47 Å². The molecule has 1 heterocycles. The van der Waals surface area contributed by atoms with Gasteiger partial charge in [0, 0.05) is 31.7 Å². The first-order valence-electron chi connectivity index (χ1n) is 24.0. The molecule has 1 aliphatic heterocycles. The average Bonchev–Trinajstić information content (AvgIpc) is 3.61. The van der Waals surface area contributed by atoms with E-state index in [2.05, 4.69) is 70.5 Å². The molecule has 9 heteroatoms. The normalized spacial score (nSPS) is 40.2. The van der Waals surface area contributed by atoms with E-state index in [1.54, 1.807) is 12.1 Å². The fourth-order valence-corrected chi connectivity index (χ4v) is 17.0. The number of hydrogen-bond donors (Lipinski definition) is 1. The monoisotopic (exact) mass is 857 g/mol. The third-order valence-corrected chi connectivity index (χ3v) is 20.8. The Morgan fingerprint density at radius 3 is 2.26 bits per heavy atom. The number of ether oxygens (including phenoxy) is 2. The number of esters is 2. The van der Waals surface area contributed by atoms with Crippen molar-refractivity contribution in [1.82, 2.24) is 10.2 Å². The van der Waals surface area contributed by atoms with Gasteiger partial charge in [0.1, 0.15) is 12.0 Å². The topological polar surface area (TPSA) is 102 Å². The number of nitrogens with one attached hydrogen (secondary N) is 1. The number of carbonyl (C=O) groups excluding carboxylic acids is 2. The van der Waals surface area contributed by atoms with Gasteiger partial charge in [-0.25, -0.2) is 13.2 Å². The van der Waals surface area contributed by atoms with Gasteiger partial charge in [-0.2, -0.15) is 0 Å². The molecule has 3 unspecified atom stereocenters. The Morgan fingerprint density at radius 2 is 1.59 bits per heavy atom. The number of hydrogen-bond acceptors (Lipinski definition) is 8. The van der Waals surface area contributed by atoms with Crippen molar-refractivity contribution in [2.24, 2.45) is 56.7 Å². The van der Waals surface area contributed by atoms with E-state index < -0.39 is 21.2 Å². The first-order valence-corrected chi connectivity index (χ1v) is 25.8. The number of carbonyl (C=O) groups is 2. The number of fused-ring (bicyclic) bond motifs is 7. The number of allylic oxidation sites excluding steroid dienone is 5. The molecule has 1 aromatic carbocycles. The number of nitrogens with zero attached hydrogens (tertiary/aromatic N) is 1. The molecule has 61 heavy (non-hydrogen) atoms. The standard InChI is InChI=1S/C52H76N2O6S/c1-9-59-46(56)51(35-60-45(55)38-13-11-10-12-14-38)24-17-37(18-25-51)40-20-22-48(6)42(47(40,4)5)21-23-50(8)43(48)16-15-41-44-39(36(2)3)19-26-52(44,28-27-49(41,50)7)53-29-30-54-31-33-61(57,58)34-32-54/h10-14,17,20,39,41-44,53H,2,9,15-16,18-19,21-35H2,1,3-8H3/t39-,41+,42?,43?,44?,48-,49+,50+,51+,52-/m0/s1. The van der Waals surface area contributed by atoms with Gasteiger partial charge in [0.15, 0.2) is 9.84 Å². The summed E-state index contributed by atoms with van der Waals surface area (Å²) in [5.74, 6) is 2.90. The van der Waals surface area contributed by atoms with Crippen LogP contribution in [0.4, 0.5) is 0 Å². The van der Waals surface area contributed by atoms with Crippen LogP contribution in [0.5, 0.6) is 0 Å². The molecule has 4 saturated carbocycles. The molecule has 10 atom stereocenters. The Bertz CT molecular complexity index is 2030. The van der Waals surface area contributed by atoms with E-state index in [0.717, 1.165) is 25.9 Å². The first kappa shape index (κ1) is 44.8. The zero-order valence-corrected chi connectivity index (χ0v) is 39.4. The lowest BCUT2D eigenvalue weighted by atomic mass is 9.33. The van der Waals surface area contributed by atoms with Crippen LogP contribution in [0.2, 0.25) is 0 Å². The lowest BCUT2D eigenvalue weighted by molar-refractivity contribution is -0.221. The number of rotatable bonds is 11. The molecule has 6 aliphatic carbocycles. The fourth-order valence-electron chi connectivity index (χ4n) is 15.7. The Morgan fingerprint density at radius 1 is 0.852 bits per heavy atom. The Labute approximate surface area is 368 Å². The van der Waals surface area contributed by atoms with Crippen molar-refractivity contribution in [3.63, 3.8) is 0 Å².